The van der Waals surface area contributed by atoms with E-state index in [1.54, 1.807) is 0 Å². The Balaban J connectivity index is 1.93. The number of nitrogens with zero attached hydrogens (tertiary/aromatic N) is 4. The van der Waals surface area contributed by atoms with Crippen molar-refractivity contribution in [1.29, 1.82) is 0 Å². The van der Waals surface area contributed by atoms with Gasteiger partial charge in [-0.15, -0.1) is 0 Å². The van der Waals surface area contributed by atoms with Gasteiger partial charge in [-0.25, -0.2) is 14.5 Å². The third-order valence-electron chi connectivity index (χ3n) is 5.86. The van der Waals surface area contributed by atoms with Crippen molar-refractivity contribution in [3.8, 4) is 28.1 Å². The molecule has 5 aromatic rings. The molecule has 3 aromatic carbocycles. The van der Waals surface area contributed by atoms with E-state index in [0.717, 1.165) is 49.1 Å². The molecule has 160 valence electrons. The molecule has 0 amide bonds. The lowest BCUT2D eigenvalue weighted by atomic mass is 9.96. The van der Waals surface area contributed by atoms with Crippen LogP contribution in [0.25, 0.3) is 44.0 Å². The molecular formula is C28H21IN4. The normalized spacial score (nSPS) is 11.0. The Labute approximate surface area is 206 Å². The summed E-state index contributed by atoms with van der Waals surface area (Å²) < 4.78 is 2.98. The van der Waals surface area contributed by atoms with E-state index in [1.165, 1.54) is 5.56 Å². The highest BCUT2D eigenvalue weighted by atomic mass is 127. The number of halogens is 1. The number of pyridine rings is 1. The van der Waals surface area contributed by atoms with Crippen molar-refractivity contribution in [2.75, 3.05) is 0 Å². The molecule has 2 heterocycles. The van der Waals surface area contributed by atoms with E-state index in [1.807, 2.05) is 54.1 Å². The molecule has 5 heteroatoms. The summed E-state index contributed by atoms with van der Waals surface area (Å²) in [6.45, 7) is 12.3. The highest BCUT2D eigenvalue weighted by Gasteiger charge is 2.24. The number of aromatic nitrogens is 3. The second-order valence-electron chi connectivity index (χ2n) is 7.86. The van der Waals surface area contributed by atoms with Crippen LogP contribution in [0.2, 0.25) is 0 Å². The first kappa shape index (κ1) is 21.4. The van der Waals surface area contributed by atoms with Crippen molar-refractivity contribution in [2.24, 2.45) is 0 Å². The summed E-state index contributed by atoms with van der Waals surface area (Å²) >= 11 is 2.34. The summed E-state index contributed by atoms with van der Waals surface area (Å²) in [6.07, 6.45) is 0.968. The van der Waals surface area contributed by atoms with Gasteiger partial charge in [-0.1, -0.05) is 67.6 Å². The number of rotatable bonds is 4. The van der Waals surface area contributed by atoms with Gasteiger partial charge in [0, 0.05) is 14.5 Å². The van der Waals surface area contributed by atoms with Crippen LogP contribution in [-0.2, 0) is 6.42 Å². The van der Waals surface area contributed by atoms with Crippen LogP contribution in [0.3, 0.4) is 0 Å². The summed E-state index contributed by atoms with van der Waals surface area (Å²) in [4.78, 5) is 9.10. The Morgan fingerprint density at radius 2 is 1.64 bits per heavy atom. The zero-order chi connectivity index (χ0) is 22.9. The van der Waals surface area contributed by atoms with Crippen LogP contribution in [0.5, 0.6) is 0 Å². The Morgan fingerprint density at radius 3 is 2.30 bits per heavy atom. The number of benzene rings is 3. The average molecular weight is 540 g/mol. The second kappa shape index (κ2) is 8.80. The molecular weight excluding hydrogens is 519 g/mol. The van der Waals surface area contributed by atoms with Crippen LogP contribution in [0.1, 0.15) is 18.2 Å². The van der Waals surface area contributed by atoms with Gasteiger partial charge in [0.1, 0.15) is 0 Å². The molecule has 0 saturated heterocycles. The van der Waals surface area contributed by atoms with E-state index >= 15 is 0 Å². The lowest BCUT2D eigenvalue weighted by Crippen LogP contribution is -1.99. The van der Waals surface area contributed by atoms with Crippen LogP contribution in [0, 0.1) is 17.1 Å². The average Bonchev–Trinajstić information content (AvgIpc) is 3.20. The van der Waals surface area contributed by atoms with Gasteiger partial charge in [0.25, 0.3) is 0 Å². The minimum absolute atomic E-state index is 0.562. The fourth-order valence-electron chi connectivity index (χ4n) is 4.19. The standard InChI is InChI=1S/C28H21IN4/c1-4-19-14-16-20(17-15-19)26-27(30-3)25(22-12-8-9-13-23(22)29)24-18(2)32-33(28(24)31-26)21-10-6-5-7-11-21/h5-17H,4H2,1-2H3. The zero-order valence-corrected chi connectivity index (χ0v) is 20.5. The van der Waals surface area contributed by atoms with Crippen molar-refractivity contribution in [1.82, 2.24) is 14.8 Å². The summed E-state index contributed by atoms with van der Waals surface area (Å²) in [5.74, 6) is 0. The second-order valence-corrected chi connectivity index (χ2v) is 9.02. The van der Waals surface area contributed by atoms with E-state index in [-0.39, 0.29) is 0 Å². The highest BCUT2D eigenvalue weighted by molar-refractivity contribution is 14.1. The van der Waals surface area contributed by atoms with Gasteiger partial charge < -0.3 is 0 Å². The first-order valence-corrected chi connectivity index (χ1v) is 11.9. The minimum atomic E-state index is 0.562. The van der Waals surface area contributed by atoms with Gasteiger partial charge in [0.05, 0.1) is 23.6 Å². The van der Waals surface area contributed by atoms with Gasteiger partial charge in [-0.3, -0.25) is 0 Å². The molecule has 5 rings (SSSR count). The fourth-order valence-corrected chi connectivity index (χ4v) is 4.85. The minimum Gasteiger partial charge on any atom is -0.240 e. The molecule has 0 aliphatic carbocycles. The quantitative estimate of drug-likeness (QED) is 0.172. The third kappa shape index (κ3) is 3.70. The Morgan fingerprint density at radius 1 is 0.939 bits per heavy atom. The number of aryl methyl sites for hydroxylation is 2. The van der Waals surface area contributed by atoms with Crippen molar-refractivity contribution >= 4 is 39.3 Å². The van der Waals surface area contributed by atoms with E-state index in [9.17, 15) is 0 Å². The summed E-state index contributed by atoms with van der Waals surface area (Å²) in [5, 5.41) is 5.78. The number of para-hydroxylation sites is 1. The maximum Gasteiger partial charge on any atom is 0.221 e. The smallest absolute Gasteiger partial charge is 0.221 e. The Bertz CT molecular complexity index is 1510. The van der Waals surface area contributed by atoms with E-state index in [2.05, 4.69) is 70.8 Å². The molecule has 0 spiro atoms. The molecule has 0 saturated carbocycles. The van der Waals surface area contributed by atoms with Crippen molar-refractivity contribution < 1.29 is 0 Å². The molecule has 4 nitrogen and oxygen atoms in total. The van der Waals surface area contributed by atoms with Gasteiger partial charge in [0.2, 0.25) is 5.69 Å². The largest absolute Gasteiger partial charge is 0.240 e. The molecule has 0 atom stereocenters. The molecule has 33 heavy (non-hydrogen) atoms. The molecule has 0 N–H and O–H groups in total. The Kier molecular flexibility index (Phi) is 5.69. The molecule has 0 aliphatic heterocycles. The van der Waals surface area contributed by atoms with E-state index in [4.69, 9.17) is 16.7 Å². The summed E-state index contributed by atoms with van der Waals surface area (Å²) in [5.41, 5.74) is 7.92. The number of hydrogen-bond acceptors (Lipinski definition) is 2. The topological polar surface area (TPSA) is 35.1 Å². The maximum atomic E-state index is 8.14. The highest BCUT2D eigenvalue weighted by Crippen LogP contribution is 2.45. The first-order chi connectivity index (χ1) is 16.1. The molecule has 0 aliphatic rings. The molecule has 2 aromatic heterocycles. The van der Waals surface area contributed by atoms with Crippen molar-refractivity contribution in [3.63, 3.8) is 0 Å². The SMILES string of the molecule is [C-]#[N+]c1c(-c2ccc(CC)cc2)nc2c(c(C)nn2-c2ccccc2)c1-c1ccccc1I. The Hall–Kier alpha value is -3.50. The lowest BCUT2D eigenvalue weighted by Gasteiger charge is -2.14. The number of fused-ring (bicyclic) bond motifs is 1. The molecule has 0 fully saturated rings. The summed E-state index contributed by atoms with van der Waals surface area (Å²) in [7, 11) is 0. The predicted octanol–water partition coefficient (Wildman–Crippen LogP) is 7.78. The van der Waals surface area contributed by atoms with Crippen LogP contribution in [0.4, 0.5) is 5.69 Å². The van der Waals surface area contributed by atoms with Crippen LogP contribution in [0.15, 0.2) is 78.9 Å². The predicted molar refractivity (Wildman–Crippen MR) is 143 cm³/mol. The molecule has 0 bridgehead atoms. The fraction of sp³-hybridized carbons (Fsp3) is 0.107. The maximum absolute atomic E-state index is 8.14. The van der Waals surface area contributed by atoms with Gasteiger partial charge in [0.15, 0.2) is 5.65 Å². The van der Waals surface area contributed by atoms with Gasteiger partial charge in [-0.05, 0) is 70.8 Å². The van der Waals surface area contributed by atoms with Crippen LogP contribution >= 0.6 is 22.6 Å². The summed E-state index contributed by atoms with van der Waals surface area (Å²) in [6, 6.07) is 26.6. The van der Waals surface area contributed by atoms with Crippen LogP contribution in [-0.4, -0.2) is 14.8 Å². The third-order valence-corrected chi connectivity index (χ3v) is 6.80. The van der Waals surface area contributed by atoms with Gasteiger partial charge in [-0.2, -0.15) is 5.10 Å². The number of hydrogen-bond donors (Lipinski definition) is 0. The lowest BCUT2D eigenvalue weighted by molar-refractivity contribution is 0.878. The van der Waals surface area contributed by atoms with Crippen molar-refractivity contribution in [2.45, 2.75) is 20.3 Å². The van der Waals surface area contributed by atoms with Crippen molar-refractivity contribution in [3.05, 3.63) is 105 Å². The first-order valence-electron chi connectivity index (χ1n) is 10.8. The monoisotopic (exact) mass is 540 g/mol. The van der Waals surface area contributed by atoms with Gasteiger partial charge >= 0.3 is 0 Å². The van der Waals surface area contributed by atoms with E-state index in [0.29, 0.717) is 11.4 Å². The molecule has 0 radical (unpaired) electrons. The zero-order valence-electron chi connectivity index (χ0n) is 18.4. The van der Waals surface area contributed by atoms with E-state index < -0.39 is 0 Å². The molecule has 0 unspecified atom stereocenters. The van der Waals surface area contributed by atoms with Crippen LogP contribution < -0.4 is 0 Å².